The Labute approximate surface area is 147 Å². The number of halogens is 1. The molecule has 0 atom stereocenters. The van der Waals surface area contributed by atoms with E-state index in [-0.39, 0.29) is 11.4 Å². The highest BCUT2D eigenvalue weighted by Crippen LogP contribution is 2.28. The van der Waals surface area contributed by atoms with Crippen molar-refractivity contribution < 1.29 is 17.9 Å². The van der Waals surface area contributed by atoms with Gasteiger partial charge >= 0.3 is 0 Å². The molecular weight excluding hydrogens is 350 g/mol. The first-order valence-electron chi connectivity index (χ1n) is 7.26. The lowest BCUT2D eigenvalue weighted by Gasteiger charge is -2.13. The Morgan fingerprint density at radius 2 is 1.67 bits per heavy atom. The Morgan fingerprint density at radius 1 is 1.00 bits per heavy atom. The Balaban J connectivity index is 2.23. The molecule has 2 rings (SSSR count). The van der Waals surface area contributed by atoms with E-state index in [1.807, 2.05) is 0 Å². The summed E-state index contributed by atoms with van der Waals surface area (Å²) in [4.78, 5) is 0.227. The van der Waals surface area contributed by atoms with Crippen LogP contribution in [0.4, 0.5) is 0 Å². The van der Waals surface area contributed by atoms with Gasteiger partial charge < -0.3 is 9.47 Å². The molecule has 2 aromatic carbocycles. The van der Waals surface area contributed by atoms with Gasteiger partial charge in [0.2, 0.25) is 10.0 Å². The summed E-state index contributed by atoms with van der Waals surface area (Å²) in [5, 5.41) is 0.548. The van der Waals surface area contributed by atoms with Crippen molar-refractivity contribution in [2.45, 2.75) is 25.3 Å². The summed E-state index contributed by atoms with van der Waals surface area (Å²) in [7, 11) is -0.563. The summed E-state index contributed by atoms with van der Waals surface area (Å²) in [6, 6.07) is 8.49. The molecule has 0 bridgehead atoms. The summed E-state index contributed by atoms with van der Waals surface area (Å²) in [6.07, 6.45) is 0. The zero-order chi connectivity index (χ0) is 17.9. The molecule has 0 aliphatic heterocycles. The predicted molar refractivity (Wildman–Crippen MR) is 94.5 cm³/mol. The van der Waals surface area contributed by atoms with Crippen LogP contribution >= 0.6 is 11.6 Å². The minimum Gasteiger partial charge on any atom is -0.493 e. The van der Waals surface area contributed by atoms with Gasteiger partial charge in [-0.2, -0.15) is 0 Å². The molecule has 2 aromatic rings. The second-order valence-electron chi connectivity index (χ2n) is 5.38. The molecule has 0 unspecified atom stereocenters. The van der Waals surface area contributed by atoms with E-state index in [1.54, 1.807) is 51.3 Å². The van der Waals surface area contributed by atoms with Crippen molar-refractivity contribution in [1.82, 2.24) is 4.72 Å². The largest absolute Gasteiger partial charge is 0.493 e. The minimum atomic E-state index is -3.64. The molecule has 130 valence electrons. The highest BCUT2D eigenvalue weighted by Gasteiger charge is 2.18. The van der Waals surface area contributed by atoms with Crippen molar-refractivity contribution in [2.75, 3.05) is 14.2 Å². The molecule has 5 nitrogen and oxygen atoms in total. The van der Waals surface area contributed by atoms with Crippen LogP contribution in [0.5, 0.6) is 11.5 Å². The number of methoxy groups -OCH3 is 2. The maximum absolute atomic E-state index is 12.6. The van der Waals surface area contributed by atoms with Crippen LogP contribution in [0.3, 0.4) is 0 Å². The first-order chi connectivity index (χ1) is 11.3. The number of nitrogens with one attached hydrogen (secondary N) is 1. The molecule has 1 N–H and O–H groups in total. The molecule has 0 aliphatic rings. The maximum Gasteiger partial charge on any atom is 0.241 e. The third-order valence-electron chi connectivity index (χ3n) is 3.66. The fourth-order valence-corrected chi connectivity index (χ4v) is 3.84. The van der Waals surface area contributed by atoms with E-state index in [0.717, 1.165) is 5.56 Å². The van der Waals surface area contributed by atoms with E-state index in [4.69, 9.17) is 21.1 Å². The normalized spacial score (nSPS) is 11.4. The van der Waals surface area contributed by atoms with Gasteiger partial charge in [0.05, 0.1) is 19.1 Å². The second-order valence-corrected chi connectivity index (χ2v) is 7.52. The highest BCUT2D eigenvalue weighted by atomic mass is 35.5. The van der Waals surface area contributed by atoms with Crippen molar-refractivity contribution >= 4 is 21.6 Å². The average Bonchev–Trinajstić information content (AvgIpc) is 2.55. The van der Waals surface area contributed by atoms with Gasteiger partial charge in [0.25, 0.3) is 0 Å². The smallest absolute Gasteiger partial charge is 0.241 e. The molecule has 0 heterocycles. The van der Waals surface area contributed by atoms with E-state index in [1.165, 1.54) is 7.11 Å². The van der Waals surface area contributed by atoms with Gasteiger partial charge in [0.1, 0.15) is 0 Å². The Hall–Kier alpha value is -1.76. The fraction of sp³-hybridized carbons (Fsp3) is 0.294. The first-order valence-corrected chi connectivity index (χ1v) is 9.12. The van der Waals surface area contributed by atoms with Crippen molar-refractivity contribution in [3.8, 4) is 11.5 Å². The number of benzene rings is 2. The van der Waals surface area contributed by atoms with Crippen molar-refractivity contribution in [3.63, 3.8) is 0 Å². The van der Waals surface area contributed by atoms with Crippen molar-refractivity contribution in [2.24, 2.45) is 0 Å². The summed E-state index contributed by atoms with van der Waals surface area (Å²) >= 11 is 6.03. The molecule has 0 radical (unpaired) electrons. The van der Waals surface area contributed by atoms with Gasteiger partial charge in [-0.1, -0.05) is 17.7 Å². The number of hydrogen-bond acceptors (Lipinski definition) is 4. The van der Waals surface area contributed by atoms with Crippen LogP contribution in [-0.4, -0.2) is 22.6 Å². The lowest BCUT2D eigenvalue weighted by molar-refractivity contribution is 0.354. The van der Waals surface area contributed by atoms with E-state index in [9.17, 15) is 8.42 Å². The van der Waals surface area contributed by atoms with E-state index >= 15 is 0 Å². The molecule has 0 amide bonds. The molecule has 0 fully saturated rings. The monoisotopic (exact) mass is 369 g/mol. The van der Waals surface area contributed by atoms with Crippen molar-refractivity contribution in [3.05, 3.63) is 52.0 Å². The second kappa shape index (κ2) is 7.42. The Morgan fingerprint density at radius 3 is 2.29 bits per heavy atom. The predicted octanol–water partition coefficient (Wildman–Crippen LogP) is 3.45. The van der Waals surface area contributed by atoms with E-state index in [2.05, 4.69) is 4.72 Å². The quantitative estimate of drug-likeness (QED) is 0.847. The molecule has 24 heavy (non-hydrogen) atoms. The Bertz CT molecular complexity index is 850. The van der Waals surface area contributed by atoms with Gasteiger partial charge in [0.15, 0.2) is 11.5 Å². The molecule has 0 aromatic heterocycles. The lowest BCUT2D eigenvalue weighted by Crippen LogP contribution is -2.24. The summed E-state index contributed by atoms with van der Waals surface area (Å²) < 4.78 is 38.1. The zero-order valence-electron chi connectivity index (χ0n) is 14.0. The van der Waals surface area contributed by atoms with Crippen LogP contribution in [-0.2, 0) is 16.6 Å². The van der Waals surface area contributed by atoms with Gasteiger partial charge in [-0.25, -0.2) is 13.1 Å². The van der Waals surface area contributed by atoms with Gasteiger partial charge in [-0.15, -0.1) is 0 Å². The number of ether oxygens (including phenoxy) is 2. The van der Waals surface area contributed by atoms with Gasteiger partial charge in [0, 0.05) is 11.6 Å². The van der Waals surface area contributed by atoms with Gasteiger partial charge in [-0.3, -0.25) is 0 Å². The summed E-state index contributed by atoms with van der Waals surface area (Å²) in [5.74, 6) is 1.14. The molecule has 0 saturated carbocycles. The van der Waals surface area contributed by atoms with Crippen molar-refractivity contribution in [1.29, 1.82) is 0 Å². The highest BCUT2D eigenvalue weighted by molar-refractivity contribution is 7.89. The summed E-state index contributed by atoms with van der Waals surface area (Å²) in [5.41, 5.74) is 2.08. The standard InChI is InChI=1S/C17H20ClNO4S/c1-11-8-17(12(2)7-14(11)18)24(20,21)19-10-13-5-6-15(22-3)16(9-13)23-4/h5-9,19H,10H2,1-4H3. The number of hydrogen-bond donors (Lipinski definition) is 1. The number of aryl methyl sites for hydroxylation is 2. The molecule has 0 aliphatic carbocycles. The molecule has 0 saturated heterocycles. The van der Waals surface area contributed by atoms with Crippen LogP contribution in [0, 0.1) is 13.8 Å². The third kappa shape index (κ3) is 4.01. The van der Waals surface area contributed by atoms with Crippen LogP contribution in [0.25, 0.3) is 0 Å². The number of sulfonamides is 1. The topological polar surface area (TPSA) is 64.6 Å². The molecular formula is C17H20ClNO4S. The molecule has 7 heteroatoms. The van der Waals surface area contributed by atoms with E-state index in [0.29, 0.717) is 27.6 Å². The van der Waals surface area contributed by atoms with Crippen LogP contribution in [0.15, 0.2) is 35.2 Å². The van der Waals surface area contributed by atoms with Crippen LogP contribution in [0.1, 0.15) is 16.7 Å². The fourth-order valence-electron chi connectivity index (χ4n) is 2.29. The minimum absolute atomic E-state index is 0.143. The van der Waals surface area contributed by atoms with Crippen LogP contribution in [0.2, 0.25) is 5.02 Å². The number of rotatable bonds is 6. The van der Waals surface area contributed by atoms with E-state index < -0.39 is 10.0 Å². The molecule has 0 spiro atoms. The van der Waals surface area contributed by atoms with Crippen LogP contribution < -0.4 is 14.2 Å². The third-order valence-corrected chi connectivity index (χ3v) is 5.61. The zero-order valence-corrected chi connectivity index (χ0v) is 15.6. The SMILES string of the molecule is COc1ccc(CNS(=O)(=O)c2cc(C)c(Cl)cc2C)cc1OC. The summed E-state index contributed by atoms with van der Waals surface area (Å²) in [6.45, 7) is 3.63. The Kier molecular flexibility index (Phi) is 5.74. The van der Waals surface area contributed by atoms with Gasteiger partial charge in [-0.05, 0) is 54.8 Å². The maximum atomic E-state index is 12.6. The first kappa shape index (κ1) is 18.6. The average molecular weight is 370 g/mol. The lowest BCUT2D eigenvalue weighted by atomic mass is 10.2.